The average molecular weight is 346 g/mol. The van der Waals surface area contributed by atoms with Gasteiger partial charge in [0, 0.05) is 30.5 Å². The summed E-state index contributed by atoms with van der Waals surface area (Å²) in [6.45, 7) is 0.841. The Morgan fingerprint density at radius 1 is 1.29 bits per heavy atom. The number of amides is 1. The lowest BCUT2D eigenvalue weighted by molar-refractivity contribution is -0.122. The Balaban J connectivity index is 1.44. The van der Waals surface area contributed by atoms with E-state index in [4.69, 9.17) is 0 Å². The van der Waals surface area contributed by atoms with Crippen molar-refractivity contribution >= 4 is 22.6 Å². The first-order valence-electron chi connectivity index (χ1n) is 8.33. The van der Waals surface area contributed by atoms with Gasteiger partial charge in [-0.25, -0.2) is 9.37 Å². The first kappa shape index (κ1) is 15.5. The third-order valence-corrected chi connectivity index (χ3v) is 5.25. The molecule has 2 aromatic rings. The molecule has 1 aromatic carbocycles. The number of rotatable bonds is 5. The molecule has 1 amide bonds. The van der Waals surface area contributed by atoms with Gasteiger partial charge in [-0.1, -0.05) is 12.1 Å². The van der Waals surface area contributed by atoms with Gasteiger partial charge >= 0.3 is 0 Å². The van der Waals surface area contributed by atoms with Gasteiger partial charge in [0.2, 0.25) is 11.0 Å². The number of carbonyl (C=O) groups excluding carboxylic acids is 1. The lowest BCUT2D eigenvalue weighted by Gasteiger charge is -2.22. The Hall–Kier alpha value is -2.02. The molecule has 126 valence electrons. The van der Waals surface area contributed by atoms with Crippen molar-refractivity contribution in [3.63, 3.8) is 0 Å². The van der Waals surface area contributed by atoms with Crippen molar-refractivity contribution in [2.45, 2.75) is 44.2 Å². The largest absolute Gasteiger partial charge is 0.352 e. The zero-order valence-electron chi connectivity index (χ0n) is 13.2. The second-order valence-electron chi connectivity index (χ2n) is 6.43. The zero-order valence-corrected chi connectivity index (χ0v) is 14.1. The summed E-state index contributed by atoms with van der Waals surface area (Å²) in [5.41, 5.74) is 0.977. The summed E-state index contributed by atoms with van der Waals surface area (Å²) in [5, 5.41) is 3.89. The molecular formula is C17H19FN4OS. The molecule has 1 aliphatic carbocycles. The highest BCUT2D eigenvalue weighted by molar-refractivity contribution is 7.09. The monoisotopic (exact) mass is 346 g/mol. The van der Waals surface area contributed by atoms with Gasteiger partial charge in [0.15, 0.2) is 0 Å². The standard InChI is InChI=1S/C17H19FN4OS/c18-12-5-3-11(4-6-12)10-15-20-17(24-21-15)22-9-1-2-14(22)16(23)19-13-7-8-13/h3-6,13-14H,1-2,7-10H2,(H,19,23)/t14-/m0/s1. The Kier molecular flexibility index (Phi) is 4.18. The SMILES string of the molecule is O=C(NC1CC1)[C@@H]1CCCN1c1nc(Cc2ccc(F)cc2)ns1. The molecule has 0 radical (unpaired) electrons. The van der Waals surface area contributed by atoms with Crippen molar-refractivity contribution < 1.29 is 9.18 Å². The topological polar surface area (TPSA) is 58.1 Å². The van der Waals surface area contributed by atoms with Gasteiger partial charge < -0.3 is 10.2 Å². The summed E-state index contributed by atoms with van der Waals surface area (Å²) in [4.78, 5) is 19.0. The number of carbonyl (C=O) groups is 1. The fourth-order valence-electron chi connectivity index (χ4n) is 3.01. The fourth-order valence-corrected chi connectivity index (χ4v) is 3.77. The molecule has 1 saturated carbocycles. The van der Waals surface area contributed by atoms with E-state index in [1.54, 1.807) is 12.1 Å². The van der Waals surface area contributed by atoms with Crippen molar-refractivity contribution in [3.05, 3.63) is 41.5 Å². The normalized spacial score (nSPS) is 20.4. The van der Waals surface area contributed by atoms with E-state index in [1.165, 1.54) is 23.7 Å². The van der Waals surface area contributed by atoms with Crippen LogP contribution in [-0.2, 0) is 11.2 Å². The Morgan fingerprint density at radius 3 is 2.83 bits per heavy atom. The smallest absolute Gasteiger partial charge is 0.243 e. The summed E-state index contributed by atoms with van der Waals surface area (Å²) in [6.07, 6.45) is 4.63. The van der Waals surface area contributed by atoms with Gasteiger partial charge in [-0.2, -0.15) is 4.37 Å². The number of anilines is 1. The quantitative estimate of drug-likeness (QED) is 0.904. The molecule has 1 atom stereocenters. The van der Waals surface area contributed by atoms with E-state index in [0.29, 0.717) is 12.5 Å². The minimum atomic E-state index is -0.243. The Labute approximate surface area is 144 Å². The molecule has 7 heteroatoms. The summed E-state index contributed by atoms with van der Waals surface area (Å²) in [6, 6.07) is 6.64. The van der Waals surface area contributed by atoms with Crippen LogP contribution in [-0.4, -0.2) is 33.9 Å². The highest BCUT2D eigenvalue weighted by atomic mass is 32.1. The molecule has 1 N–H and O–H groups in total. The van der Waals surface area contributed by atoms with Crippen LogP contribution in [0.2, 0.25) is 0 Å². The molecule has 5 nitrogen and oxygen atoms in total. The summed E-state index contributed by atoms with van der Waals surface area (Å²) in [5.74, 6) is 0.590. The minimum Gasteiger partial charge on any atom is -0.352 e. The van der Waals surface area contributed by atoms with E-state index < -0.39 is 0 Å². The molecule has 4 rings (SSSR count). The molecule has 1 aromatic heterocycles. The number of hydrogen-bond acceptors (Lipinski definition) is 5. The minimum absolute atomic E-state index is 0.116. The highest BCUT2D eigenvalue weighted by Gasteiger charge is 2.35. The third kappa shape index (κ3) is 3.40. The molecule has 0 bridgehead atoms. The van der Waals surface area contributed by atoms with Gasteiger partial charge in [0.1, 0.15) is 17.7 Å². The molecular weight excluding hydrogens is 327 g/mol. The summed E-state index contributed by atoms with van der Waals surface area (Å²) < 4.78 is 17.4. The zero-order chi connectivity index (χ0) is 16.5. The predicted molar refractivity (Wildman–Crippen MR) is 90.6 cm³/mol. The number of nitrogens with zero attached hydrogens (tertiary/aromatic N) is 3. The molecule has 2 fully saturated rings. The van der Waals surface area contributed by atoms with Crippen molar-refractivity contribution in [2.75, 3.05) is 11.4 Å². The second-order valence-corrected chi connectivity index (χ2v) is 7.16. The third-order valence-electron chi connectivity index (χ3n) is 4.46. The van der Waals surface area contributed by atoms with Crippen LogP contribution < -0.4 is 10.2 Å². The number of halogens is 1. The highest BCUT2D eigenvalue weighted by Crippen LogP contribution is 2.29. The van der Waals surface area contributed by atoms with Gasteiger partial charge in [0.25, 0.3) is 0 Å². The van der Waals surface area contributed by atoms with Crippen LogP contribution in [0.25, 0.3) is 0 Å². The fraction of sp³-hybridized carbons (Fsp3) is 0.471. The summed E-state index contributed by atoms with van der Waals surface area (Å²) in [7, 11) is 0. The van der Waals surface area contributed by atoms with Crippen molar-refractivity contribution in [2.24, 2.45) is 0 Å². The van der Waals surface area contributed by atoms with E-state index in [-0.39, 0.29) is 17.8 Å². The van der Waals surface area contributed by atoms with Crippen LogP contribution in [0.1, 0.15) is 37.1 Å². The van der Waals surface area contributed by atoms with Crippen molar-refractivity contribution in [1.29, 1.82) is 0 Å². The summed E-state index contributed by atoms with van der Waals surface area (Å²) >= 11 is 1.34. The maximum atomic E-state index is 13.0. The maximum Gasteiger partial charge on any atom is 0.243 e. The molecule has 1 aliphatic heterocycles. The molecule has 24 heavy (non-hydrogen) atoms. The lowest BCUT2D eigenvalue weighted by Crippen LogP contribution is -2.44. The van der Waals surface area contributed by atoms with E-state index in [0.717, 1.165) is 48.7 Å². The maximum absolute atomic E-state index is 13.0. The van der Waals surface area contributed by atoms with Gasteiger partial charge in [-0.15, -0.1) is 0 Å². The van der Waals surface area contributed by atoms with Gasteiger partial charge in [0.05, 0.1) is 0 Å². The number of hydrogen-bond donors (Lipinski definition) is 1. The van der Waals surface area contributed by atoms with E-state index >= 15 is 0 Å². The van der Waals surface area contributed by atoms with Crippen molar-refractivity contribution in [3.8, 4) is 0 Å². The number of aromatic nitrogens is 2. The molecule has 0 spiro atoms. The van der Waals surface area contributed by atoms with Crippen LogP contribution in [0, 0.1) is 5.82 Å². The van der Waals surface area contributed by atoms with Crippen LogP contribution in [0.3, 0.4) is 0 Å². The molecule has 0 unspecified atom stereocenters. The van der Waals surface area contributed by atoms with Gasteiger partial charge in [-0.3, -0.25) is 4.79 Å². The van der Waals surface area contributed by atoms with E-state index in [9.17, 15) is 9.18 Å². The number of benzene rings is 1. The Bertz CT molecular complexity index is 728. The Morgan fingerprint density at radius 2 is 2.08 bits per heavy atom. The van der Waals surface area contributed by atoms with E-state index in [1.807, 2.05) is 0 Å². The molecule has 2 heterocycles. The molecule has 2 aliphatic rings. The van der Waals surface area contributed by atoms with Crippen LogP contribution >= 0.6 is 11.5 Å². The molecule has 1 saturated heterocycles. The van der Waals surface area contributed by atoms with Crippen LogP contribution in [0.5, 0.6) is 0 Å². The number of nitrogens with one attached hydrogen (secondary N) is 1. The van der Waals surface area contributed by atoms with Gasteiger partial charge in [-0.05, 0) is 43.4 Å². The lowest BCUT2D eigenvalue weighted by atomic mass is 10.1. The average Bonchev–Trinajstić information content (AvgIpc) is 3.08. The van der Waals surface area contributed by atoms with E-state index in [2.05, 4.69) is 19.6 Å². The first-order chi connectivity index (χ1) is 11.7. The first-order valence-corrected chi connectivity index (χ1v) is 9.10. The van der Waals surface area contributed by atoms with Crippen LogP contribution in [0.4, 0.5) is 9.52 Å². The van der Waals surface area contributed by atoms with Crippen LogP contribution in [0.15, 0.2) is 24.3 Å². The predicted octanol–water partition coefficient (Wildman–Crippen LogP) is 2.52. The van der Waals surface area contributed by atoms with Crippen molar-refractivity contribution in [1.82, 2.24) is 14.7 Å². The second kappa shape index (κ2) is 6.47.